The highest BCUT2D eigenvalue weighted by Gasteiger charge is 2.34. The summed E-state index contributed by atoms with van der Waals surface area (Å²) in [5, 5.41) is 17.7. The largest absolute Gasteiger partial charge is 0.491 e. The lowest BCUT2D eigenvalue weighted by molar-refractivity contribution is 0.0555. The Morgan fingerprint density at radius 3 is 2.67 bits per heavy atom. The Labute approximate surface area is 235 Å². The number of anilines is 1. The molecule has 9 nitrogen and oxygen atoms in total. The van der Waals surface area contributed by atoms with E-state index in [-0.39, 0.29) is 18.8 Å². The molecule has 0 aliphatic heterocycles. The fraction of sp³-hybridized carbons (Fsp3) is 0.552. The van der Waals surface area contributed by atoms with E-state index in [1.165, 1.54) is 0 Å². The lowest BCUT2D eigenvalue weighted by Crippen LogP contribution is -2.42. The van der Waals surface area contributed by atoms with Crippen LogP contribution in [0.1, 0.15) is 50.1 Å². The number of aryl methyl sites for hydroxylation is 2. The molecule has 2 aromatic heterocycles. The third-order valence-corrected chi connectivity index (χ3v) is 7.59. The third-order valence-electron chi connectivity index (χ3n) is 7.26. The monoisotopic (exact) mass is 557 g/mol. The molecule has 1 aliphatic carbocycles. The minimum Gasteiger partial charge on any atom is -0.491 e. The Bertz CT molecular complexity index is 1250. The van der Waals surface area contributed by atoms with Gasteiger partial charge < -0.3 is 29.3 Å². The third kappa shape index (κ3) is 6.38. The SMILES string of the molecule is CCOC1CCCC1N(CC)c1nc(-c2cc(OCC(O)CNC)ccc2Cl)nc(-c2c(C)noc2C)c1C. The lowest BCUT2D eigenvalue weighted by atomic mass is 10.0. The summed E-state index contributed by atoms with van der Waals surface area (Å²) < 4.78 is 17.5. The molecule has 1 aromatic carbocycles. The van der Waals surface area contributed by atoms with Gasteiger partial charge in [0.1, 0.15) is 30.0 Å². The summed E-state index contributed by atoms with van der Waals surface area (Å²) in [4.78, 5) is 12.5. The van der Waals surface area contributed by atoms with Crippen LogP contribution < -0.4 is 15.0 Å². The van der Waals surface area contributed by atoms with Crippen molar-refractivity contribution in [1.82, 2.24) is 20.4 Å². The molecule has 39 heavy (non-hydrogen) atoms. The first-order valence-electron chi connectivity index (χ1n) is 13.7. The first-order chi connectivity index (χ1) is 18.8. The zero-order valence-electron chi connectivity index (χ0n) is 23.8. The number of aliphatic hydroxyl groups excluding tert-OH is 1. The van der Waals surface area contributed by atoms with Crippen molar-refractivity contribution in [2.45, 2.75) is 72.1 Å². The van der Waals surface area contributed by atoms with Gasteiger partial charge in [-0.05, 0) is 79.1 Å². The summed E-state index contributed by atoms with van der Waals surface area (Å²) in [6.07, 6.45) is 2.71. The molecule has 3 unspecified atom stereocenters. The van der Waals surface area contributed by atoms with Gasteiger partial charge in [0.25, 0.3) is 0 Å². The highest BCUT2D eigenvalue weighted by molar-refractivity contribution is 6.33. The minimum atomic E-state index is -0.634. The van der Waals surface area contributed by atoms with Gasteiger partial charge in [0, 0.05) is 30.8 Å². The molecule has 4 rings (SSSR count). The standard InChI is InChI=1S/C29H40ClN5O4/c1-7-35(24-10-9-11-25(24)37-8-2)29-17(3)27(26-18(4)34-39-19(26)5)32-28(33-29)22-14-21(12-13-23(22)30)38-16-20(36)15-31-6/h12-14,20,24-25,31,36H,7-11,15-16H2,1-6H3. The topological polar surface area (TPSA) is 106 Å². The van der Waals surface area contributed by atoms with Crippen LogP contribution in [0.4, 0.5) is 5.82 Å². The van der Waals surface area contributed by atoms with Crippen molar-refractivity contribution in [3.63, 3.8) is 0 Å². The van der Waals surface area contributed by atoms with Crippen molar-refractivity contribution in [2.24, 2.45) is 0 Å². The molecule has 3 atom stereocenters. The smallest absolute Gasteiger partial charge is 0.163 e. The van der Waals surface area contributed by atoms with E-state index >= 15 is 0 Å². The van der Waals surface area contributed by atoms with Crippen LogP contribution in [-0.2, 0) is 4.74 Å². The van der Waals surface area contributed by atoms with Gasteiger partial charge in [-0.15, -0.1) is 0 Å². The molecule has 2 heterocycles. The number of halogens is 1. The van der Waals surface area contributed by atoms with Crippen molar-refractivity contribution in [2.75, 3.05) is 38.3 Å². The summed E-state index contributed by atoms with van der Waals surface area (Å²) in [7, 11) is 1.79. The van der Waals surface area contributed by atoms with E-state index in [9.17, 15) is 5.11 Å². The van der Waals surface area contributed by atoms with Crippen molar-refractivity contribution in [3.8, 4) is 28.4 Å². The number of ether oxygens (including phenoxy) is 2. The number of aromatic nitrogens is 3. The normalized spacial score (nSPS) is 17.9. The van der Waals surface area contributed by atoms with Crippen LogP contribution in [0.5, 0.6) is 5.75 Å². The van der Waals surface area contributed by atoms with Crippen LogP contribution in [0, 0.1) is 20.8 Å². The number of hydrogen-bond donors (Lipinski definition) is 2. The van der Waals surface area contributed by atoms with Crippen LogP contribution >= 0.6 is 11.6 Å². The molecular formula is C29H40ClN5O4. The lowest BCUT2D eigenvalue weighted by Gasteiger charge is -2.34. The van der Waals surface area contributed by atoms with Crippen molar-refractivity contribution in [1.29, 1.82) is 0 Å². The first kappa shape index (κ1) is 29.3. The summed E-state index contributed by atoms with van der Waals surface area (Å²) in [6.45, 7) is 12.1. The van der Waals surface area contributed by atoms with Crippen LogP contribution in [-0.4, -0.2) is 71.8 Å². The Balaban J connectivity index is 1.84. The number of likely N-dealkylation sites (N-methyl/N-ethyl adjacent to an activating group) is 2. The predicted molar refractivity (Wildman–Crippen MR) is 154 cm³/mol. The maximum atomic E-state index is 10.1. The molecule has 2 N–H and O–H groups in total. The predicted octanol–water partition coefficient (Wildman–Crippen LogP) is 5.12. The highest BCUT2D eigenvalue weighted by atomic mass is 35.5. The van der Waals surface area contributed by atoms with Crippen LogP contribution in [0.25, 0.3) is 22.6 Å². The zero-order chi connectivity index (χ0) is 28.1. The van der Waals surface area contributed by atoms with Gasteiger partial charge in [0.2, 0.25) is 0 Å². The Morgan fingerprint density at radius 2 is 2.00 bits per heavy atom. The van der Waals surface area contributed by atoms with E-state index in [1.54, 1.807) is 19.2 Å². The van der Waals surface area contributed by atoms with Crippen LogP contribution in [0.3, 0.4) is 0 Å². The molecule has 212 valence electrons. The van der Waals surface area contributed by atoms with Crippen molar-refractivity contribution in [3.05, 3.63) is 40.2 Å². The van der Waals surface area contributed by atoms with Gasteiger partial charge in [-0.3, -0.25) is 0 Å². The molecule has 1 fully saturated rings. The first-order valence-corrected chi connectivity index (χ1v) is 14.1. The molecule has 0 amide bonds. The molecule has 3 aromatic rings. The molecule has 0 radical (unpaired) electrons. The number of nitrogens with zero attached hydrogens (tertiary/aromatic N) is 4. The summed E-state index contributed by atoms with van der Waals surface area (Å²) >= 11 is 6.72. The Kier molecular flexibility index (Phi) is 9.82. The number of benzene rings is 1. The van der Waals surface area contributed by atoms with Crippen molar-refractivity contribution < 1.29 is 19.1 Å². The zero-order valence-corrected chi connectivity index (χ0v) is 24.5. The number of rotatable bonds is 12. The van der Waals surface area contributed by atoms with Gasteiger partial charge in [-0.1, -0.05) is 16.8 Å². The number of nitrogens with one attached hydrogen (secondary N) is 1. The second kappa shape index (κ2) is 13.1. The van der Waals surface area contributed by atoms with Crippen molar-refractivity contribution >= 4 is 17.4 Å². The van der Waals surface area contributed by atoms with E-state index in [4.69, 9.17) is 35.6 Å². The molecule has 0 spiro atoms. The maximum Gasteiger partial charge on any atom is 0.163 e. The molecule has 0 bridgehead atoms. The second-order valence-electron chi connectivity index (χ2n) is 9.99. The maximum absolute atomic E-state index is 10.1. The minimum absolute atomic E-state index is 0.149. The van der Waals surface area contributed by atoms with Gasteiger partial charge in [0.05, 0.1) is 34.1 Å². The fourth-order valence-electron chi connectivity index (χ4n) is 5.43. The Hall–Kier alpha value is -2.72. The summed E-state index contributed by atoms with van der Waals surface area (Å²) in [5.74, 6) is 2.61. The van der Waals surface area contributed by atoms with E-state index in [1.807, 2.05) is 26.8 Å². The fourth-order valence-corrected chi connectivity index (χ4v) is 5.64. The van der Waals surface area contributed by atoms with Gasteiger partial charge >= 0.3 is 0 Å². The van der Waals surface area contributed by atoms with Crippen LogP contribution in [0.15, 0.2) is 22.7 Å². The van der Waals surface area contributed by atoms with E-state index in [0.29, 0.717) is 41.1 Å². The molecule has 1 aliphatic rings. The quantitative estimate of drug-likeness (QED) is 0.314. The number of aliphatic hydroxyl groups is 1. The highest BCUT2D eigenvalue weighted by Crippen LogP contribution is 2.39. The van der Waals surface area contributed by atoms with E-state index in [2.05, 4.69) is 29.2 Å². The summed E-state index contributed by atoms with van der Waals surface area (Å²) in [6, 6.07) is 5.60. The molecule has 0 saturated heterocycles. The average molecular weight is 558 g/mol. The molecule has 10 heteroatoms. The average Bonchev–Trinajstić information content (AvgIpc) is 3.51. The van der Waals surface area contributed by atoms with Gasteiger partial charge in [-0.25, -0.2) is 9.97 Å². The Morgan fingerprint density at radius 1 is 1.21 bits per heavy atom. The van der Waals surface area contributed by atoms with Gasteiger partial charge in [-0.2, -0.15) is 0 Å². The van der Waals surface area contributed by atoms with E-state index < -0.39 is 6.10 Å². The van der Waals surface area contributed by atoms with E-state index in [0.717, 1.165) is 54.1 Å². The number of hydrogen-bond acceptors (Lipinski definition) is 9. The summed E-state index contributed by atoms with van der Waals surface area (Å²) in [5.41, 5.74) is 4.00. The second-order valence-corrected chi connectivity index (χ2v) is 10.4. The van der Waals surface area contributed by atoms with Gasteiger partial charge in [0.15, 0.2) is 5.82 Å². The van der Waals surface area contributed by atoms with Crippen LogP contribution in [0.2, 0.25) is 5.02 Å². The molecular weight excluding hydrogens is 518 g/mol. The molecule has 1 saturated carbocycles.